The lowest BCUT2D eigenvalue weighted by Crippen LogP contribution is -2.15. The fraction of sp³-hybridized carbons (Fsp3) is 0.0667. The fourth-order valence-corrected chi connectivity index (χ4v) is 8.05. The molecule has 1 aliphatic rings. The summed E-state index contributed by atoms with van der Waals surface area (Å²) in [6.45, 7) is 4.70. The highest BCUT2D eigenvalue weighted by Crippen LogP contribution is 2.53. The lowest BCUT2D eigenvalue weighted by molar-refractivity contribution is 0.653. The van der Waals surface area contributed by atoms with Gasteiger partial charge in [-0.05, 0) is 69.3 Å². The van der Waals surface area contributed by atoms with Gasteiger partial charge < -0.3 is 8.98 Å². The zero-order valence-corrected chi connectivity index (χ0v) is 26.3. The van der Waals surface area contributed by atoms with Crippen molar-refractivity contribution in [2.24, 2.45) is 0 Å². The van der Waals surface area contributed by atoms with Crippen LogP contribution < -0.4 is 0 Å². The Labute approximate surface area is 273 Å². The van der Waals surface area contributed by atoms with Crippen molar-refractivity contribution in [3.63, 3.8) is 0 Å². The van der Waals surface area contributed by atoms with Crippen LogP contribution in [0.15, 0.2) is 156 Å². The Hall–Kier alpha value is -5.86. The van der Waals surface area contributed by atoms with E-state index in [1.807, 2.05) is 6.07 Å². The van der Waals surface area contributed by atoms with E-state index in [0.29, 0.717) is 0 Å². The van der Waals surface area contributed by atoms with Gasteiger partial charge in [-0.25, -0.2) is 0 Å². The van der Waals surface area contributed by atoms with Crippen molar-refractivity contribution in [3.8, 4) is 39.1 Å². The molecule has 2 heteroatoms. The molecular formula is C45H31NO. The van der Waals surface area contributed by atoms with Crippen LogP contribution in [0.4, 0.5) is 0 Å². The van der Waals surface area contributed by atoms with Gasteiger partial charge in [-0.3, -0.25) is 0 Å². The molecule has 0 bridgehead atoms. The summed E-state index contributed by atoms with van der Waals surface area (Å²) >= 11 is 0. The first kappa shape index (κ1) is 26.4. The van der Waals surface area contributed by atoms with Gasteiger partial charge in [0.15, 0.2) is 0 Å². The molecule has 0 spiro atoms. The van der Waals surface area contributed by atoms with Gasteiger partial charge >= 0.3 is 0 Å². The van der Waals surface area contributed by atoms with E-state index in [0.717, 1.165) is 11.2 Å². The second kappa shape index (κ2) is 9.57. The van der Waals surface area contributed by atoms with E-state index in [1.165, 1.54) is 82.8 Å². The highest BCUT2D eigenvalue weighted by Gasteiger charge is 2.38. The monoisotopic (exact) mass is 601 g/mol. The first-order chi connectivity index (χ1) is 23.1. The van der Waals surface area contributed by atoms with E-state index < -0.39 is 0 Å². The molecule has 0 atom stereocenters. The first-order valence-electron chi connectivity index (χ1n) is 16.4. The largest absolute Gasteiger partial charge is 0.455 e. The van der Waals surface area contributed by atoms with Crippen LogP contribution in [0.1, 0.15) is 25.0 Å². The van der Waals surface area contributed by atoms with Crippen LogP contribution in [0.5, 0.6) is 0 Å². The molecular weight excluding hydrogens is 571 g/mol. The van der Waals surface area contributed by atoms with Crippen molar-refractivity contribution in [3.05, 3.63) is 163 Å². The van der Waals surface area contributed by atoms with Crippen LogP contribution in [0.3, 0.4) is 0 Å². The molecule has 47 heavy (non-hydrogen) atoms. The Balaban J connectivity index is 1.24. The summed E-state index contributed by atoms with van der Waals surface area (Å²) < 4.78 is 9.04. The molecule has 222 valence electrons. The summed E-state index contributed by atoms with van der Waals surface area (Å²) in [6.07, 6.45) is 0. The van der Waals surface area contributed by atoms with Crippen molar-refractivity contribution in [1.82, 2.24) is 4.57 Å². The number of aromatic nitrogens is 1. The number of hydrogen-bond acceptors (Lipinski definition) is 1. The van der Waals surface area contributed by atoms with Gasteiger partial charge in [0.1, 0.15) is 11.2 Å². The average molecular weight is 602 g/mol. The van der Waals surface area contributed by atoms with E-state index in [1.54, 1.807) is 0 Å². The number of benzene rings is 7. The zero-order chi connectivity index (χ0) is 31.3. The zero-order valence-electron chi connectivity index (χ0n) is 26.3. The van der Waals surface area contributed by atoms with Crippen molar-refractivity contribution in [2.75, 3.05) is 0 Å². The number of fused-ring (bicyclic) bond motifs is 10. The van der Waals surface area contributed by atoms with Gasteiger partial charge in [-0.2, -0.15) is 0 Å². The second-order valence-corrected chi connectivity index (χ2v) is 13.3. The van der Waals surface area contributed by atoms with E-state index in [2.05, 4.69) is 164 Å². The highest BCUT2D eigenvalue weighted by molar-refractivity contribution is 6.13. The molecule has 0 amide bonds. The summed E-state index contributed by atoms with van der Waals surface area (Å²) in [4.78, 5) is 0. The second-order valence-electron chi connectivity index (χ2n) is 13.3. The van der Waals surface area contributed by atoms with Crippen molar-refractivity contribution in [1.29, 1.82) is 0 Å². The van der Waals surface area contributed by atoms with Gasteiger partial charge in [0.25, 0.3) is 0 Å². The van der Waals surface area contributed by atoms with Crippen LogP contribution in [0, 0.1) is 0 Å². The molecule has 1 aliphatic carbocycles. The van der Waals surface area contributed by atoms with E-state index in [9.17, 15) is 0 Å². The maximum atomic E-state index is 6.57. The summed E-state index contributed by atoms with van der Waals surface area (Å²) in [5.41, 5.74) is 15.3. The Bertz CT molecular complexity index is 2590. The SMILES string of the molecule is CC1(C)c2cc(-n3c4cc(-c5ccccc5)ccc4c4ccc(-c5ccccc5)cc43)ccc2-c2c1ccc1c2oc2ccccc21. The third-order valence-corrected chi connectivity index (χ3v) is 10.4. The predicted octanol–water partition coefficient (Wildman–Crippen LogP) is 12.3. The van der Waals surface area contributed by atoms with Crippen LogP contribution in [0.25, 0.3) is 82.8 Å². The highest BCUT2D eigenvalue weighted by atomic mass is 16.3. The molecule has 2 nitrogen and oxygen atoms in total. The number of furan rings is 1. The summed E-state index contributed by atoms with van der Waals surface area (Å²) in [6, 6.07) is 55.2. The molecule has 0 N–H and O–H groups in total. The van der Waals surface area contributed by atoms with Crippen molar-refractivity contribution < 1.29 is 4.42 Å². The summed E-state index contributed by atoms with van der Waals surface area (Å²) in [5.74, 6) is 0. The molecule has 10 rings (SSSR count). The summed E-state index contributed by atoms with van der Waals surface area (Å²) in [7, 11) is 0. The van der Waals surface area contributed by atoms with E-state index >= 15 is 0 Å². The Kier molecular flexibility index (Phi) is 5.37. The molecule has 0 radical (unpaired) electrons. The van der Waals surface area contributed by atoms with Crippen LogP contribution in [-0.2, 0) is 5.41 Å². The van der Waals surface area contributed by atoms with E-state index in [-0.39, 0.29) is 5.41 Å². The molecule has 0 aliphatic heterocycles. The molecule has 2 aromatic heterocycles. The number of para-hydroxylation sites is 1. The Morgan fingerprint density at radius 1 is 0.468 bits per heavy atom. The molecule has 7 aromatic carbocycles. The van der Waals surface area contributed by atoms with Crippen molar-refractivity contribution >= 4 is 43.7 Å². The molecule has 0 saturated heterocycles. The lowest BCUT2D eigenvalue weighted by Gasteiger charge is -2.22. The smallest absolute Gasteiger partial charge is 0.143 e. The number of nitrogens with zero attached hydrogens (tertiary/aromatic N) is 1. The minimum absolute atomic E-state index is 0.184. The Morgan fingerprint density at radius 2 is 1.06 bits per heavy atom. The van der Waals surface area contributed by atoms with Gasteiger partial charge in [0.05, 0.1) is 11.0 Å². The Morgan fingerprint density at radius 3 is 1.72 bits per heavy atom. The molecule has 2 heterocycles. The number of rotatable bonds is 3. The normalized spacial score (nSPS) is 13.5. The van der Waals surface area contributed by atoms with Crippen LogP contribution >= 0.6 is 0 Å². The molecule has 0 saturated carbocycles. The summed E-state index contributed by atoms with van der Waals surface area (Å²) in [5, 5.41) is 4.86. The predicted molar refractivity (Wildman–Crippen MR) is 196 cm³/mol. The van der Waals surface area contributed by atoms with Gasteiger partial charge in [0.2, 0.25) is 0 Å². The average Bonchev–Trinajstić information content (AvgIpc) is 3.74. The molecule has 0 fully saturated rings. The molecule has 9 aromatic rings. The van der Waals surface area contributed by atoms with Crippen LogP contribution in [0.2, 0.25) is 0 Å². The molecule has 0 unspecified atom stereocenters. The van der Waals surface area contributed by atoms with Gasteiger partial charge in [-0.1, -0.05) is 135 Å². The van der Waals surface area contributed by atoms with Crippen molar-refractivity contribution in [2.45, 2.75) is 19.3 Å². The number of hydrogen-bond donors (Lipinski definition) is 0. The quantitative estimate of drug-likeness (QED) is 0.197. The fourth-order valence-electron chi connectivity index (χ4n) is 8.05. The maximum absolute atomic E-state index is 6.57. The minimum Gasteiger partial charge on any atom is -0.455 e. The lowest BCUT2D eigenvalue weighted by atomic mass is 9.82. The van der Waals surface area contributed by atoms with Gasteiger partial charge in [-0.15, -0.1) is 0 Å². The van der Waals surface area contributed by atoms with E-state index in [4.69, 9.17) is 4.42 Å². The third kappa shape index (κ3) is 3.73. The maximum Gasteiger partial charge on any atom is 0.143 e. The third-order valence-electron chi connectivity index (χ3n) is 10.4. The van der Waals surface area contributed by atoms with Crippen LogP contribution in [-0.4, -0.2) is 4.57 Å². The standard InChI is InChI=1S/C45H31NO/c1-45(2)38-24-23-36-35-15-9-10-16-42(35)47-44(36)43(38)37-22-19-32(27-39(37)45)46-40-25-30(28-11-5-3-6-12-28)17-20-33(40)34-21-18-31(26-41(34)46)29-13-7-4-8-14-29/h3-27H,1-2H3. The topological polar surface area (TPSA) is 18.1 Å². The first-order valence-corrected chi connectivity index (χ1v) is 16.4. The minimum atomic E-state index is -0.184. The van der Waals surface area contributed by atoms with Gasteiger partial charge in [0, 0.05) is 38.2 Å².